The van der Waals surface area contributed by atoms with Gasteiger partial charge in [0.2, 0.25) is 11.8 Å². The van der Waals surface area contributed by atoms with E-state index < -0.39 is 0 Å². The van der Waals surface area contributed by atoms with Crippen LogP contribution in [0.2, 0.25) is 10.0 Å². The van der Waals surface area contributed by atoms with Gasteiger partial charge in [-0.05, 0) is 217 Å². The minimum Gasteiger partial charge on any atom is -0.399 e. The molecule has 9 aliphatic rings. The van der Waals surface area contributed by atoms with Crippen LogP contribution in [-0.2, 0) is 76.4 Å². The van der Waals surface area contributed by atoms with Gasteiger partial charge in [0.25, 0.3) is 0 Å². The first-order valence-electron chi connectivity index (χ1n) is 45.3. The number of benzene rings is 4. The Morgan fingerprint density at radius 3 is 1.18 bits per heavy atom. The Bertz CT molecular complexity index is 5060. The summed E-state index contributed by atoms with van der Waals surface area (Å²) in [6, 6.07) is 33.1. The summed E-state index contributed by atoms with van der Waals surface area (Å²) < 4.78 is 65.9. The largest absolute Gasteiger partial charge is 0.494 e. The monoisotopic (exact) mass is 2070 g/mol. The van der Waals surface area contributed by atoms with Crippen molar-refractivity contribution >= 4 is 123 Å². The Balaban J connectivity index is 0.000000140. The van der Waals surface area contributed by atoms with Crippen LogP contribution in [0.15, 0.2) is 185 Å². The molecule has 130 heavy (non-hydrogen) atoms. The molecular formula is C97H123BBr4Cl2N14O12. The number of halogens is 6. The number of hydrogen-bond donors (Lipinski definition) is 3. The predicted octanol–water partition coefficient (Wildman–Crippen LogP) is 20.2. The summed E-state index contributed by atoms with van der Waals surface area (Å²) in [5.74, 6) is 0.440. The van der Waals surface area contributed by atoms with E-state index in [1.54, 1.807) is 18.6 Å². The Hall–Kier alpha value is -7.28. The van der Waals surface area contributed by atoms with E-state index in [9.17, 15) is 9.59 Å². The molecular weight excluding hydrogens is 1950 g/mol. The van der Waals surface area contributed by atoms with Crippen molar-refractivity contribution in [3.63, 3.8) is 0 Å². The maximum atomic E-state index is 12.4. The molecule has 19 rings (SSSR count). The Morgan fingerprint density at radius 1 is 0.438 bits per heavy atom. The number of alkyl halides is 1. The van der Waals surface area contributed by atoms with E-state index in [4.69, 9.17) is 70.4 Å². The first kappa shape index (κ1) is 100. The van der Waals surface area contributed by atoms with Crippen molar-refractivity contribution in [3.8, 4) is 55.6 Å². The molecule has 10 aromatic rings. The molecule has 2 amide bonds. The fourth-order valence-corrected chi connectivity index (χ4v) is 19.0. The van der Waals surface area contributed by atoms with Crippen molar-refractivity contribution in [3.05, 3.63) is 195 Å². The van der Waals surface area contributed by atoms with Crippen LogP contribution >= 0.6 is 86.9 Å². The van der Waals surface area contributed by atoms with Gasteiger partial charge in [0, 0.05) is 157 Å². The van der Waals surface area contributed by atoms with E-state index in [0.29, 0.717) is 43.0 Å². The molecule has 698 valence electrons. The van der Waals surface area contributed by atoms with Crippen molar-refractivity contribution in [2.45, 2.75) is 207 Å². The number of hydrogen-bond acceptors (Lipinski definition) is 20. The molecule has 9 aliphatic heterocycles. The van der Waals surface area contributed by atoms with Crippen LogP contribution in [0.25, 0.3) is 55.6 Å². The summed E-state index contributed by atoms with van der Waals surface area (Å²) >= 11 is 26.6. The van der Waals surface area contributed by atoms with E-state index in [1.807, 2.05) is 81.7 Å². The Morgan fingerprint density at radius 2 is 0.808 bits per heavy atom. The number of aromatic amines is 1. The number of anilines is 2. The zero-order chi connectivity index (χ0) is 90.0. The molecule has 4 aromatic carbocycles. The van der Waals surface area contributed by atoms with Crippen LogP contribution < -0.4 is 25.9 Å². The summed E-state index contributed by atoms with van der Waals surface area (Å²) in [7, 11) is -0.337. The molecule has 15 heterocycles. The topological polar surface area (TPSA) is 265 Å². The van der Waals surface area contributed by atoms with Gasteiger partial charge in [-0.3, -0.25) is 38.7 Å². The number of rotatable bonds is 23. The number of H-pyrrole nitrogens is 1. The van der Waals surface area contributed by atoms with Gasteiger partial charge in [-0.2, -0.15) is 20.4 Å². The highest BCUT2D eigenvalue weighted by atomic mass is 79.9. The lowest BCUT2D eigenvalue weighted by Gasteiger charge is -2.39. The number of nitrogens with zero attached hydrogens (tertiary/aromatic N) is 11. The SMILES string of the molecule is BrCCOC1CCCCO1.Brc1ccc(-c2cn[nH]c2)cc1.Brc1ccc(-c2cnn(CCOC3CCCCO3)c2)cc1.C.CC1(C)OB(c2ccc(-c3cnn(CCOC4CCCCO4)c3)cc2)OC1(C)C.O=C1NCCC12CCN(c1c(Cl)cncc1-c1ccc(-c3cnn(CCOC4CCCCO4)c3)cc1)CC2.O=C1NCCC12CCN(c1c(Cl)cncc1Br)CC2. The van der Waals surface area contributed by atoms with Crippen molar-refractivity contribution in [1.29, 1.82) is 0 Å². The number of pyridine rings is 2. The fraction of sp³-hybridized carbons (Fsp3) is 0.505. The second kappa shape index (κ2) is 49.3. The van der Waals surface area contributed by atoms with Gasteiger partial charge in [-0.15, -0.1) is 0 Å². The first-order chi connectivity index (χ1) is 62.7. The number of carbonyl (C=O) groups excluding carboxylic acids is 2. The van der Waals surface area contributed by atoms with Gasteiger partial charge in [-0.1, -0.05) is 151 Å². The highest BCUT2D eigenvalue weighted by Crippen LogP contribution is 2.46. The van der Waals surface area contributed by atoms with Crippen LogP contribution in [0.4, 0.5) is 11.4 Å². The lowest BCUT2D eigenvalue weighted by molar-refractivity contribution is -0.164. The molecule has 9 fully saturated rings. The number of aromatic nitrogens is 10. The van der Waals surface area contributed by atoms with Gasteiger partial charge in [0.1, 0.15) is 0 Å². The number of amides is 2. The summed E-state index contributed by atoms with van der Waals surface area (Å²) in [5, 5.41) is 28.2. The molecule has 2 spiro atoms. The average molecular weight is 2080 g/mol. The minimum absolute atomic E-state index is 0. The second-order valence-electron chi connectivity index (χ2n) is 34.6. The third-order valence-electron chi connectivity index (χ3n) is 25.4. The molecule has 26 nitrogen and oxygen atoms in total. The summed E-state index contributed by atoms with van der Waals surface area (Å²) in [6.45, 7) is 21.2. The lowest BCUT2D eigenvalue weighted by atomic mass is 9.77. The molecule has 4 atom stereocenters. The summed E-state index contributed by atoms with van der Waals surface area (Å²) in [6.07, 6.45) is 41.2. The second-order valence-corrected chi connectivity index (χ2v) is 38.9. The third kappa shape index (κ3) is 27.7. The number of ether oxygens (including phenoxy) is 8. The van der Waals surface area contributed by atoms with Crippen molar-refractivity contribution in [2.75, 3.05) is 107 Å². The standard InChI is InChI=1S/C29H34ClN5O3.C22H31BN2O4.C16H19BrN2O2.C13H15BrClN3O.C9H7BrN2.C7H13BrO2.CH4/c30-25-19-31-18-24(27(25)34-12-9-29(10-13-34)8-11-32-28(29)36)22-6-4-21(5-7-22)23-17-33-35(20-23)14-16-38-26-3-1-2-15-37-26;1-21(2)22(3,4)29-23(28-21)19-10-8-17(9-11-19)18-15-24-25(16-18)12-14-27-20-7-5-6-13-26-20;17-15-6-4-13(5-7-15)14-11-18-19(12-14)8-10-21-16-3-1-2-9-20-16;14-9-7-16-8-10(15)11(9)18-5-2-13(3-6-18)1-4-17-12(13)19;10-9-3-1-7(2-4-9)8-5-11-12-6-8;8-4-6-10-7-3-1-2-5-9-7;/h4-7,17-20,26H,1-3,8-16H2,(H,32,36);8-11,15-16,20H,5-7,12-14H2,1-4H3;4-7,11-12,16H,1-3,8-10H2;7-8H,1-6H2,(H,17,19);1-6H,(H,11,12);7H,1-6H2;1H4. The van der Waals surface area contributed by atoms with Crippen molar-refractivity contribution in [1.82, 2.24) is 60.1 Å². The molecule has 3 N–H and O–H groups in total. The van der Waals surface area contributed by atoms with E-state index in [2.05, 4.69) is 232 Å². The van der Waals surface area contributed by atoms with Crippen LogP contribution in [0.5, 0.6) is 0 Å². The lowest BCUT2D eigenvalue weighted by Crippen LogP contribution is -2.44. The van der Waals surface area contributed by atoms with Crippen LogP contribution in [-0.4, -0.2) is 202 Å². The molecule has 0 bridgehead atoms. The normalized spacial score (nSPS) is 20.6. The van der Waals surface area contributed by atoms with Gasteiger partial charge >= 0.3 is 7.12 Å². The number of nitrogens with one attached hydrogen (secondary N) is 3. The van der Waals surface area contributed by atoms with E-state index in [1.165, 1.54) is 36.8 Å². The van der Waals surface area contributed by atoms with E-state index >= 15 is 0 Å². The first-order valence-corrected chi connectivity index (χ1v) is 49.6. The predicted molar refractivity (Wildman–Crippen MR) is 525 cm³/mol. The van der Waals surface area contributed by atoms with Gasteiger partial charge in [0.15, 0.2) is 25.2 Å². The maximum absolute atomic E-state index is 12.4. The van der Waals surface area contributed by atoms with Crippen molar-refractivity contribution < 1.29 is 56.8 Å². The molecule has 0 saturated carbocycles. The molecule has 0 aliphatic carbocycles. The average Bonchev–Trinajstić information content (AvgIpc) is 1.53. The molecule has 9 saturated heterocycles. The quantitative estimate of drug-likeness (QED) is 0.0397. The fourth-order valence-electron chi connectivity index (χ4n) is 17.0. The number of piperidine rings is 2. The molecule has 0 radical (unpaired) electrons. The summed E-state index contributed by atoms with van der Waals surface area (Å²) in [4.78, 5) is 37.4. The highest BCUT2D eigenvalue weighted by Gasteiger charge is 2.52. The van der Waals surface area contributed by atoms with Crippen LogP contribution in [0.3, 0.4) is 0 Å². The van der Waals surface area contributed by atoms with Gasteiger partial charge < -0.3 is 67.6 Å². The Kier molecular flexibility index (Phi) is 38.0. The zero-order valence-corrected chi connectivity index (χ0v) is 82.0. The van der Waals surface area contributed by atoms with Gasteiger partial charge in [0.05, 0.1) is 119 Å². The highest BCUT2D eigenvalue weighted by molar-refractivity contribution is 9.11. The molecule has 6 aromatic heterocycles. The minimum atomic E-state index is -0.337. The van der Waals surface area contributed by atoms with E-state index in [-0.39, 0.29) is 73.6 Å². The molecule has 33 heteroatoms. The van der Waals surface area contributed by atoms with Gasteiger partial charge in [-0.25, -0.2) is 0 Å². The van der Waals surface area contributed by atoms with Crippen LogP contribution in [0, 0.1) is 10.8 Å². The summed E-state index contributed by atoms with van der Waals surface area (Å²) in [5.41, 5.74) is 13.0. The van der Waals surface area contributed by atoms with E-state index in [0.717, 1.165) is 249 Å². The maximum Gasteiger partial charge on any atom is 0.494 e. The third-order valence-corrected chi connectivity index (χ3v) is 27.9. The number of carbonyl (C=O) groups is 2. The van der Waals surface area contributed by atoms with Crippen LogP contribution in [0.1, 0.15) is 151 Å². The smallest absolute Gasteiger partial charge is 0.399 e. The van der Waals surface area contributed by atoms with Crippen molar-refractivity contribution in [2.24, 2.45) is 10.8 Å². The Labute approximate surface area is 808 Å². The zero-order valence-electron chi connectivity index (χ0n) is 74.1. The molecule has 4 unspecified atom stereocenters.